The molecular formula is C10H6N6O4S3. The minimum atomic E-state index is -0.956. The molecule has 3 heterocycles. The largest absolute Gasteiger partial charge is 0.481 e. The van der Waals surface area contributed by atoms with Gasteiger partial charge in [-0.1, -0.05) is 0 Å². The van der Waals surface area contributed by atoms with E-state index in [1.165, 1.54) is 22.1 Å². The van der Waals surface area contributed by atoms with Crippen LogP contribution in [0, 0.1) is 10.1 Å². The number of tetrazole rings is 1. The first-order valence-corrected chi connectivity index (χ1v) is 8.41. The molecule has 0 unspecified atom stereocenters. The van der Waals surface area contributed by atoms with Crippen LogP contribution in [-0.4, -0.2) is 41.2 Å². The summed E-state index contributed by atoms with van der Waals surface area (Å²) in [5.74, 6) is -0.956. The molecule has 23 heavy (non-hydrogen) atoms. The fourth-order valence-corrected chi connectivity index (χ4v) is 4.11. The molecule has 3 rings (SSSR count). The molecule has 0 saturated carbocycles. The van der Waals surface area contributed by atoms with Gasteiger partial charge in [-0.3, -0.25) is 14.9 Å². The summed E-state index contributed by atoms with van der Waals surface area (Å²) < 4.78 is 1.96. The van der Waals surface area contributed by atoms with Crippen LogP contribution in [-0.2, 0) is 11.2 Å². The number of hydrogen-bond donors (Lipinski definition) is 1. The van der Waals surface area contributed by atoms with E-state index in [0.717, 1.165) is 23.1 Å². The summed E-state index contributed by atoms with van der Waals surface area (Å²) in [7, 11) is 0. The Morgan fingerprint density at radius 2 is 2.30 bits per heavy atom. The lowest BCUT2D eigenvalue weighted by molar-refractivity contribution is -0.380. The van der Waals surface area contributed by atoms with Crippen molar-refractivity contribution in [1.82, 2.24) is 25.2 Å². The SMILES string of the molecule is O=C(O)Cc1csc(Sc2nnnn2-c2ccc([N+](=O)[O-])s2)n1. The molecule has 0 aliphatic carbocycles. The third-order valence-electron chi connectivity index (χ3n) is 2.45. The molecule has 0 atom stereocenters. The predicted molar refractivity (Wildman–Crippen MR) is 81.3 cm³/mol. The minimum absolute atomic E-state index is 0.00977. The fraction of sp³-hybridized carbons (Fsp3) is 0.100. The topological polar surface area (TPSA) is 137 Å². The van der Waals surface area contributed by atoms with Gasteiger partial charge in [0.1, 0.15) is 5.00 Å². The highest BCUT2D eigenvalue weighted by Gasteiger charge is 2.17. The molecule has 13 heteroatoms. The van der Waals surface area contributed by atoms with E-state index in [1.54, 1.807) is 11.4 Å². The van der Waals surface area contributed by atoms with E-state index >= 15 is 0 Å². The summed E-state index contributed by atoms with van der Waals surface area (Å²) in [6, 6.07) is 2.94. The summed E-state index contributed by atoms with van der Waals surface area (Å²) in [5.41, 5.74) is 0.454. The molecule has 0 saturated heterocycles. The molecule has 10 nitrogen and oxygen atoms in total. The highest BCUT2D eigenvalue weighted by atomic mass is 32.2. The summed E-state index contributed by atoms with van der Waals surface area (Å²) in [6.45, 7) is 0. The van der Waals surface area contributed by atoms with Gasteiger partial charge in [-0.05, 0) is 39.6 Å². The van der Waals surface area contributed by atoms with E-state index in [-0.39, 0.29) is 11.4 Å². The monoisotopic (exact) mass is 370 g/mol. The van der Waals surface area contributed by atoms with Crippen molar-refractivity contribution in [3.63, 3.8) is 0 Å². The van der Waals surface area contributed by atoms with Crippen LogP contribution in [0.4, 0.5) is 5.00 Å². The van der Waals surface area contributed by atoms with Crippen molar-refractivity contribution in [1.29, 1.82) is 0 Å². The third kappa shape index (κ3) is 3.52. The lowest BCUT2D eigenvalue weighted by Crippen LogP contribution is -2.00. The van der Waals surface area contributed by atoms with E-state index in [2.05, 4.69) is 20.5 Å². The second-order valence-corrected chi connectivity index (χ2v) is 7.13. The van der Waals surface area contributed by atoms with Gasteiger partial charge in [0.25, 0.3) is 0 Å². The number of thiazole rings is 1. The normalized spacial score (nSPS) is 10.8. The number of carbonyl (C=O) groups is 1. The highest BCUT2D eigenvalue weighted by molar-refractivity contribution is 8.00. The Kier molecular flexibility index (Phi) is 4.31. The Hall–Kier alpha value is -2.38. The van der Waals surface area contributed by atoms with Gasteiger partial charge < -0.3 is 5.11 Å². The summed E-state index contributed by atoms with van der Waals surface area (Å²) in [5, 5.41) is 33.3. The number of carboxylic acid groups (broad SMARTS) is 1. The van der Waals surface area contributed by atoms with Crippen LogP contribution in [0.15, 0.2) is 27.0 Å². The molecule has 0 amide bonds. The predicted octanol–water partition coefficient (Wildman–Crippen LogP) is 1.87. The quantitative estimate of drug-likeness (QED) is 0.509. The Morgan fingerprint density at radius 1 is 1.48 bits per heavy atom. The average Bonchev–Trinajstić information content (AvgIpc) is 3.18. The van der Waals surface area contributed by atoms with E-state index in [4.69, 9.17) is 5.11 Å². The Labute approximate surface area is 139 Å². The number of aliphatic carboxylic acids is 1. The smallest absolute Gasteiger partial charge is 0.326 e. The molecule has 0 fully saturated rings. The molecule has 1 N–H and O–H groups in total. The Balaban J connectivity index is 1.82. The lowest BCUT2D eigenvalue weighted by Gasteiger charge is -1.97. The van der Waals surface area contributed by atoms with Crippen molar-refractivity contribution in [2.45, 2.75) is 15.9 Å². The Morgan fingerprint density at radius 3 is 3.00 bits per heavy atom. The van der Waals surface area contributed by atoms with Crippen LogP contribution < -0.4 is 0 Å². The number of aromatic nitrogens is 5. The second-order valence-electron chi connectivity index (χ2n) is 4.02. The maximum absolute atomic E-state index is 10.7. The number of nitro groups is 1. The second kappa shape index (κ2) is 6.39. The van der Waals surface area contributed by atoms with Crippen molar-refractivity contribution in [3.05, 3.63) is 33.3 Å². The molecule has 3 aromatic rings. The zero-order valence-corrected chi connectivity index (χ0v) is 13.5. The van der Waals surface area contributed by atoms with Crippen LogP contribution in [0.2, 0.25) is 0 Å². The van der Waals surface area contributed by atoms with E-state index in [1.807, 2.05) is 0 Å². The number of rotatable bonds is 6. The van der Waals surface area contributed by atoms with Crippen LogP contribution in [0.1, 0.15) is 5.69 Å². The average molecular weight is 370 g/mol. The molecule has 118 valence electrons. The first kappa shape index (κ1) is 15.5. The number of carboxylic acids is 1. The van der Waals surface area contributed by atoms with Gasteiger partial charge in [0.2, 0.25) is 5.16 Å². The van der Waals surface area contributed by atoms with Crippen LogP contribution >= 0.6 is 34.4 Å². The molecule has 0 radical (unpaired) electrons. The van der Waals surface area contributed by atoms with Crippen molar-refractivity contribution >= 4 is 45.4 Å². The van der Waals surface area contributed by atoms with Gasteiger partial charge in [0, 0.05) is 11.4 Å². The highest BCUT2D eigenvalue weighted by Crippen LogP contribution is 2.33. The fourth-order valence-electron chi connectivity index (χ4n) is 1.56. The van der Waals surface area contributed by atoms with E-state index < -0.39 is 10.9 Å². The maximum atomic E-state index is 10.7. The maximum Gasteiger partial charge on any atom is 0.326 e. The van der Waals surface area contributed by atoms with Gasteiger partial charge in [-0.25, -0.2) is 4.98 Å². The summed E-state index contributed by atoms with van der Waals surface area (Å²) >= 11 is 3.39. The van der Waals surface area contributed by atoms with Gasteiger partial charge >= 0.3 is 11.0 Å². The summed E-state index contributed by atoms with van der Waals surface area (Å²) in [6.07, 6.45) is -0.154. The molecular weight excluding hydrogens is 364 g/mol. The van der Waals surface area contributed by atoms with Crippen molar-refractivity contribution in [2.24, 2.45) is 0 Å². The molecule has 0 aliphatic heterocycles. The van der Waals surface area contributed by atoms with Crippen LogP contribution in [0.3, 0.4) is 0 Å². The summed E-state index contributed by atoms with van der Waals surface area (Å²) in [4.78, 5) is 25.1. The minimum Gasteiger partial charge on any atom is -0.481 e. The zero-order chi connectivity index (χ0) is 16.4. The zero-order valence-electron chi connectivity index (χ0n) is 11.0. The first-order valence-electron chi connectivity index (χ1n) is 5.90. The van der Waals surface area contributed by atoms with Crippen LogP contribution in [0.25, 0.3) is 5.00 Å². The van der Waals surface area contributed by atoms with Gasteiger partial charge in [-0.2, -0.15) is 4.68 Å². The number of thiophene rings is 1. The Bertz CT molecular complexity index is 871. The molecule has 3 aromatic heterocycles. The van der Waals surface area contributed by atoms with E-state index in [0.29, 0.717) is 20.2 Å². The standard InChI is InChI=1S/C10H6N6O4S3/c17-8(18)3-5-4-21-10(11-5)23-9-12-13-14-15(9)6-1-2-7(22-6)16(19)20/h1-2,4H,3H2,(H,17,18). The number of nitrogens with zero attached hydrogens (tertiary/aromatic N) is 6. The molecule has 0 aromatic carbocycles. The van der Waals surface area contributed by atoms with Gasteiger partial charge in [-0.15, -0.1) is 16.4 Å². The van der Waals surface area contributed by atoms with Crippen molar-refractivity contribution < 1.29 is 14.8 Å². The molecule has 0 aliphatic rings. The molecule has 0 spiro atoms. The molecule has 0 bridgehead atoms. The van der Waals surface area contributed by atoms with Gasteiger partial charge in [0.15, 0.2) is 4.34 Å². The first-order chi connectivity index (χ1) is 11.0. The number of hydrogen-bond acceptors (Lipinski definition) is 10. The third-order valence-corrected chi connectivity index (χ3v) is 5.39. The van der Waals surface area contributed by atoms with Crippen molar-refractivity contribution in [2.75, 3.05) is 0 Å². The van der Waals surface area contributed by atoms with E-state index in [9.17, 15) is 14.9 Å². The van der Waals surface area contributed by atoms with Gasteiger partial charge in [0.05, 0.1) is 17.0 Å². The lowest BCUT2D eigenvalue weighted by atomic mass is 10.3. The van der Waals surface area contributed by atoms with Crippen molar-refractivity contribution in [3.8, 4) is 5.00 Å². The van der Waals surface area contributed by atoms with Crippen LogP contribution in [0.5, 0.6) is 0 Å².